The molecule has 3 heterocycles. The maximum Gasteiger partial charge on any atom is 0.0384 e. The van der Waals surface area contributed by atoms with Gasteiger partial charge >= 0.3 is 0 Å². The van der Waals surface area contributed by atoms with Crippen molar-refractivity contribution < 1.29 is 0 Å². The van der Waals surface area contributed by atoms with Crippen molar-refractivity contribution in [2.75, 3.05) is 39.3 Å². The monoisotopic (exact) mass is 223 g/mol. The van der Waals surface area contributed by atoms with Crippen molar-refractivity contribution in [1.82, 2.24) is 9.80 Å². The maximum absolute atomic E-state index is 6.19. The Morgan fingerprint density at radius 2 is 2.06 bits per heavy atom. The summed E-state index contributed by atoms with van der Waals surface area (Å²) in [5, 5.41) is 0. The summed E-state index contributed by atoms with van der Waals surface area (Å²) < 4.78 is 0. The van der Waals surface area contributed by atoms with E-state index < -0.39 is 0 Å². The fraction of sp³-hybridized carbons (Fsp3) is 1.00. The molecule has 0 saturated carbocycles. The molecule has 16 heavy (non-hydrogen) atoms. The minimum atomic E-state index is 0.359. The minimum absolute atomic E-state index is 0.359. The van der Waals surface area contributed by atoms with E-state index in [1.807, 2.05) is 0 Å². The first-order valence-corrected chi connectivity index (χ1v) is 6.92. The number of nitrogens with zero attached hydrogens (tertiary/aromatic N) is 2. The fourth-order valence-corrected chi connectivity index (χ4v) is 4.18. The average Bonchev–Trinajstić information content (AvgIpc) is 2.89. The van der Waals surface area contributed by atoms with Gasteiger partial charge in [0.05, 0.1) is 0 Å². The van der Waals surface area contributed by atoms with Gasteiger partial charge in [0, 0.05) is 25.2 Å². The molecule has 0 aromatic heterocycles. The smallest absolute Gasteiger partial charge is 0.0384 e. The van der Waals surface area contributed by atoms with Crippen LogP contribution in [-0.2, 0) is 0 Å². The van der Waals surface area contributed by atoms with Crippen LogP contribution < -0.4 is 5.73 Å². The van der Waals surface area contributed by atoms with Crippen molar-refractivity contribution in [3.63, 3.8) is 0 Å². The van der Waals surface area contributed by atoms with Gasteiger partial charge < -0.3 is 10.6 Å². The Morgan fingerprint density at radius 3 is 2.75 bits per heavy atom. The van der Waals surface area contributed by atoms with Gasteiger partial charge in [0.1, 0.15) is 0 Å². The van der Waals surface area contributed by atoms with Crippen LogP contribution in [0.3, 0.4) is 0 Å². The molecule has 92 valence electrons. The molecule has 3 saturated heterocycles. The average molecular weight is 223 g/mol. The van der Waals surface area contributed by atoms with Crippen LogP contribution in [0.5, 0.6) is 0 Å². The lowest BCUT2D eigenvalue weighted by atomic mass is 9.77. The molecule has 0 amide bonds. The molecule has 3 aliphatic rings. The van der Waals surface area contributed by atoms with Gasteiger partial charge in [-0.1, -0.05) is 6.92 Å². The van der Waals surface area contributed by atoms with E-state index in [0.717, 1.165) is 18.4 Å². The van der Waals surface area contributed by atoms with Gasteiger partial charge in [-0.25, -0.2) is 0 Å². The second kappa shape index (κ2) is 3.97. The molecule has 2 N–H and O–H groups in total. The SMILES string of the molecule is CC1CCN(C2(CN)CCN3CCC2C3)C1. The van der Waals surface area contributed by atoms with E-state index in [9.17, 15) is 0 Å². The lowest BCUT2D eigenvalue weighted by Gasteiger charge is -2.48. The van der Waals surface area contributed by atoms with Gasteiger partial charge in [-0.3, -0.25) is 4.90 Å². The topological polar surface area (TPSA) is 32.5 Å². The molecule has 0 aliphatic carbocycles. The number of hydrogen-bond acceptors (Lipinski definition) is 3. The van der Waals surface area contributed by atoms with Gasteiger partial charge in [0.15, 0.2) is 0 Å². The predicted octanol–water partition coefficient (Wildman–Crippen LogP) is 0.751. The lowest BCUT2D eigenvalue weighted by molar-refractivity contribution is 0.0228. The van der Waals surface area contributed by atoms with Crippen molar-refractivity contribution in [3.05, 3.63) is 0 Å². The molecular formula is C13H25N3. The van der Waals surface area contributed by atoms with Crippen LogP contribution in [0.2, 0.25) is 0 Å². The van der Waals surface area contributed by atoms with Crippen LogP contribution in [0.15, 0.2) is 0 Å². The van der Waals surface area contributed by atoms with E-state index in [0.29, 0.717) is 5.54 Å². The third kappa shape index (κ3) is 1.52. The molecule has 3 rings (SSSR count). The van der Waals surface area contributed by atoms with E-state index >= 15 is 0 Å². The van der Waals surface area contributed by atoms with Crippen molar-refractivity contribution >= 4 is 0 Å². The molecule has 0 aromatic rings. The highest BCUT2D eigenvalue weighted by Crippen LogP contribution is 2.41. The number of likely N-dealkylation sites (tertiary alicyclic amines) is 1. The zero-order chi connectivity index (χ0) is 11.2. The molecule has 3 aliphatic heterocycles. The van der Waals surface area contributed by atoms with Gasteiger partial charge in [-0.15, -0.1) is 0 Å². The van der Waals surface area contributed by atoms with Gasteiger partial charge in [0.25, 0.3) is 0 Å². The number of rotatable bonds is 2. The third-order valence-corrected chi connectivity index (χ3v) is 5.30. The Morgan fingerprint density at radius 1 is 1.19 bits per heavy atom. The highest BCUT2D eigenvalue weighted by atomic mass is 15.3. The molecule has 3 heteroatoms. The highest BCUT2D eigenvalue weighted by Gasteiger charge is 2.49. The second-order valence-corrected chi connectivity index (χ2v) is 6.18. The predicted molar refractivity (Wildman–Crippen MR) is 66.3 cm³/mol. The summed E-state index contributed by atoms with van der Waals surface area (Å²) in [5.41, 5.74) is 6.55. The number of nitrogens with two attached hydrogens (primary N) is 1. The first-order chi connectivity index (χ1) is 7.74. The molecular weight excluding hydrogens is 198 g/mol. The van der Waals surface area contributed by atoms with Gasteiger partial charge in [0.2, 0.25) is 0 Å². The standard InChI is InChI=1S/C13H25N3/c1-11-2-6-16(8-11)13(10-14)4-7-15-5-3-12(13)9-15/h11-12H,2-10,14H2,1H3. The van der Waals surface area contributed by atoms with Crippen LogP contribution in [0.25, 0.3) is 0 Å². The molecule has 0 spiro atoms. The Bertz CT molecular complexity index is 268. The fourth-order valence-electron chi connectivity index (χ4n) is 4.18. The minimum Gasteiger partial charge on any atom is -0.329 e. The molecule has 2 bridgehead atoms. The Kier molecular flexibility index (Phi) is 2.73. The number of fused-ring (bicyclic) bond motifs is 2. The molecule has 0 aromatic carbocycles. The van der Waals surface area contributed by atoms with Crippen molar-refractivity contribution in [3.8, 4) is 0 Å². The Balaban J connectivity index is 1.81. The van der Waals surface area contributed by atoms with Crippen molar-refractivity contribution in [1.29, 1.82) is 0 Å². The highest BCUT2D eigenvalue weighted by molar-refractivity contribution is 5.06. The molecule has 0 radical (unpaired) electrons. The number of piperidine rings is 1. The molecule has 4 atom stereocenters. The maximum atomic E-state index is 6.19. The van der Waals surface area contributed by atoms with Crippen LogP contribution in [0, 0.1) is 11.8 Å². The molecule has 3 nitrogen and oxygen atoms in total. The van der Waals surface area contributed by atoms with Gasteiger partial charge in [-0.2, -0.15) is 0 Å². The van der Waals surface area contributed by atoms with Crippen LogP contribution in [0.4, 0.5) is 0 Å². The first kappa shape index (κ1) is 11.0. The van der Waals surface area contributed by atoms with Crippen molar-refractivity contribution in [2.45, 2.75) is 31.7 Å². The summed E-state index contributed by atoms with van der Waals surface area (Å²) in [6, 6.07) is 0. The summed E-state index contributed by atoms with van der Waals surface area (Å²) in [7, 11) is 0. The number of hydrogen-bond donors (Lipinski definition) is 1. The summed E-state index contributed by atoms with van der Waals surface area (Å²) in [4.78, 5) is 5.36. The lowest BCUT2D eigenvalue weighted by Crippen LogP contribution is -2.61. The molecule has 3 fully saturated rings. The zero-order valence-corrected chi connectivity index (χ0v) is 10.5. The quantitative estimate of drug-likeness (QED) is 0.750. The second-order valence-electron chi connectivity index (χ2n) is 6.18. The largest absolute Gasteiger partial charge is 0.329 e. The normalized spacial score (nSPS) is 48.8. The molecule has 4 unspecified atom stereocenters. The van der Waals surface area contributed by atoms with Crippen molar-refractivity contribution in [2.24, 2.45) is 17.6 Å². The summed E-state index contributed by atoms with van der Waals surface area (Å²) in [5.74, 6) is 1.72. The van der Waals surface area contributed by atoms with E-state index in [1.54, 1.807) is 0 Å². The summed E-state index contributed by atoms with van der Waals surface area (Å²) in [6.07, 6.45) is 4.06. The zero-order valence-electron chi connectivity index (χ0n) is 10.5. The van der Waals surface area contributed by atoms with Crippen LogP contribution in [-0.4, -0.2) is 54.6 Å². The van der Waals surface area contributed by atoms with Gasteiger partial charge in [-0.05, 0) is 50.7 Å². The Hall–Kier alpha value is -0.120. The van der Waals surface area contributed by atoms with E-state index in [1.165, 1.54) is 52.0 Å². The van der Waals surface area contributed by atoms with E-state index in [-0.39, 0.29) is 0 Å². The summed E-state index contributed by atoms with van der Waals surface area (Å²) >= 11 is 0. The van der Waals surface area contributed by atoms with Crippen LogP contribution >= 0.6 is 0 Å². The van der Waals surface area contributed by atoms with E-state index in [2.05, 4.69) is 16.7 Å². The third-order valence-electron chi connectivity index (χ3n) is 5.30. The summed E-state index contributed by atoms with van der Waals surface area (Å²) in [6.45, 7) is 9.73. The van der Waals surface area contributed by atoms with Crippen LogP contribution in [0.1, 0.15) is 26.2 Å². The van der Waals surface area contributed by atoms with E-state index in [4.69, 9.17) is 5.73 Å². The first-order valence-electron chi connectivity index (χ1n) is 6.92. The Labute approximate surface area is 99.0 Å².